The van der Waals surface area contributed by atoms with Crippen LogP contribution in [0.25, 0.3) is 0 Å². The lowest BCUT2D eigenvalue weighted by Crippen LogP contribution is -2.17. The van der Waals surface area contributed by atoms with E-state index in [1.54, 1.807) is 19.2 Å². The minimum absolute atomic E-state index is 0.0654. The number of rotatable bonds is 6. The first-order valence-electron chi connectivity index (χ1n) is 5.20. The number of nitrogens with one attached hydrogen (secondary N) is 1. The topological polar surface area (TPSA) is 55.4 Å². The number of aryl methyl sites for hydroxylation is 1. The molecule has 17 heavy (non-hydrogen) atoms. The third kappa shape index (κ3) is 5.06. The summed E-state index contributed by atoms with van der Waals surface area (Å²) in [5, 5.41) is 0. The van der Waals surface area contributed by atoms with Crippen molar-refractivity contribution in [1.82, 2.24) is 0 Å². The first-order valence-corrected chi connectivity index (χ1v) is 7.65. The molecule has 0 saturated carbocycles. The summed E-state index contributed by atoms with van der Waals surface area (Å²) in [7, 11) is -1.73. The van der Waals surface area contributed by atoms with Crippen LogP contribution in [0.5, 0.6) is 0 Å². The molecule has 0 radical (unpaired) electrons. The minimum Gasteiger partial charge on any atom is -0.385 e. The number of ether oxygens (including phenoxy) is 1. The molecule has 0 aliphatic rings. The van der Waals surface area contributed by atoms with Gasteiger partial charge in [-0.2, -0.15) is 0 Å². The largest absolute Gasteiger partial charge is 0.385 e. The van der Waals surface area contributed by atoms with Crippen LogP contribution in [0.1, 0.15) is 12.0 Å². The van der Waals surface area contributed by atoms with Crippen LogP contribution >= 0.6 is 15.9 Å². The Bertz CT molecular complexity index is 474. The van der Waals surface area contributed by atoms with E-state index in [1.807, 2.05) is 13.0 Å². The van der Waals surface area contributed by atoms with Gasteiger partial charge >= 0.3 is 0 Å². The molecule has 6 heteroatoms. The van der Waals surface area contributed by atoms with Crippen LogP contribution in [0.2, 0.25) is 0 Å². The van der Waals surface area contributed by atoms with Crippen LogP contribution in [0, 0.1) is 6.92 Å². The number of methoxy groups -OCH3 is 1. The van der Waals surface area contributed by atoms with Gasteiger partial charge in [0.15, 0.2) is 0 Å². The molecule has 0 spiro atoms. The highest BCUT2D eigenvalue weighted by molar-refractivity contribution is 9.10. The highest BCUT2D eigenvalue weighted by atomic mass is 79.9. The molecule has 0 aromatic heterocycles. The highest BCUT2D eigenvalue weighted by Crippen LogP contribution is 2.20. The Balaban J connectivity index is 2.66. The second-order valence-corrected chi connectivity index (χ2v) is 6.43. The van der Waals surface area contributed by atoms with E-state index in [1.165, 1.54) is 0 Å². The summed E-state index contributed by atoms with van der Waals surface area (Å²) in [5.41, 5.74) is 1.57. The molecular weight excluding hydrogens is 306 g/mol. The van der Waals surface area contributed by atoms with Crippen molar-refractivity contribution in [2.24, 2.45) is 0 Å². The van der Waals surface area contributed by atoms with E-state index in [0.717, 1.165) is 10.0 Å². The zero-order chi connectivity index (χ0) is 12.9. The van der Waals surface area contributed by atoms with Gasteiger partial charge in [0, 0.05) is 23.9 Å². The maximum Gasteiger partial charge on any atom is 0.232 e. The van der Waals surface area contributed by atoms with E-state index in [9.17, 15) is 8.42 Å². The van der Waals surface area contributed by atoms with Crippen molar-refractivity contribution in [3.8, 4) is 0 Å². The smallest absolute Gasteiger partial charge is 0.232 e. The van der Waals surface area contributed by atoms with Crippen molar-refractivity contribution in [1.29, 1.82) is 0 Å². The number of sulfonamides is 1. The van der Waals surface area contributed by atoms with Crippen LogP contribution in [0.15, 0.2) is 22.7 Å². The van der Waals surface area contributed by atoms with Gasteiger partial charge in [-0.25, -0.2) is 8.42 Å². The number of anilines is 1. The van der Waals surface area contributed by atoms with Gasteiger partial charge < -0.3 is 4.74 Å². The van der Waals surface area contributed by atoms with Crippen LogP contribution in [0.4, 0.5) is 5.69 Å². The average Bonchev–Trinajstić information content (AvgIpc) is 2.23. The molecule has 0 aliphatic heterocycles. The normalized spacial score (nSPS) is 11.5. The van der Waals surface area contributed by atoms with Crippen molar-refractivity contribution >= 4 is 31.6 Å². The molecule has 0 fully saturated rings. The van der Waals surface area contributed by atoms with Gasteiger partial charge in [0.1, 0.15) is 0 Å². The van der Waals surface area contributed by atoms with Crippen molar-refractivity contribution in [2.45, 2.75) is 13.3 Å². The summed E-state index contributed by atoms with van der Waals surface area (Å²) in [5.74, 6) is 0.0654. The van der Waals surface area contributed by atoms with E-state index in [0.29, 0.717) is 18.7 Å². The number of hydrogen-bond acceptors (Lipinski definition) is 3. The Hall–Kier alpha value is -0.590. The zero-order valence-corrected chi connectivity index (χ0v) is 12.3. The van der Waals surface area contributed by atoms with E-state index in [-0.39, 0.29) is 5.75 Å². The molecule has 1 aromatic carbocycles. The predicted molar refractivity (Wildman–Crippen MR) is 72.8 cm³/mol. The van der Waals surface area contributed by atoms with Crippen LogP contribution in [0.3, 0.4) is 0 Å². The van der Waals surface area contributed by atoms with Crippen molar-refractivity contribution < 1.29 is 13.2 Å². The molecule has 0 unspecified atom stereocenters. The van der Waals surface area contributed by atoms with Crippen molar-refractivity contribution in [2.75, 3.05) is 24.2 Å². The molecule has 1 rings (SSSR count). The third-order valence-corrected chi connectivity index (χ3v) is 4.46. The number of hydrogen-bond donors (Lipinski definition) is 1. The molecule has 1 aromatic rings. The predicted octanol–water partition coefficient (Wildman–Crippen LogP) is 2.54. The molecule has 0 saturated heterocycles. The van der Waals surface area contributed by atoms with Crippen molar-refractivity contribution in [3.05, 3.63) is 28.2 Å². The zero-order valence-electron chi connectivity index (χ0n) is 9.86. The molecule has 0 heterocycles. The maximum absolute atomic E-state index is 11.7. The Morgan fingerprint density at radius 2 is 2.12 bits per heavy atom. The van der Waals surface area contributed by atoms with E-state index in [2.05, 4.69) is 20.7 Å². The standard InChI is InChI=1S/C11H16BrNO3S/c1-9-8-10(4-5-11(9)12)13-17(14,15)7-3-6-16-2/h4-5,8,13H,3,6-7H2,1-2H3. The molecular formula is C11H16BrNO3S. The first-order chi connectivity index (χ1) is 7.94. The summed E-state index contributed by atoms with van der Waals surface area (Å²) < 4.78 is 31.7. The summed E-state index contributed by atoms with van der Waals surface area (Å²) in [4.78, 5) is 0. The molecule has 0 atom stereocenters. The van der Waals surface area contributed by atoms with Gasteiger partial charge in [-0.1, -0.05) is 15.9 Å². The van der Waals surface area contributed by atoms with Crippen LogP contribution < -0.4 is 4.72 Å². The molecule has 0 amide bonds. The Morgan fingerprint density at radius 1 is 1.41 bits per heavy atom. The third-order valence-electron chi connectivity index (χ3n) is 2.19. The fourth-order valence-electron chi connectivity index (χ4n) is 1.33. The number of benzene rings is 1. The Labute approximate surface area is 111 Å². The van der Waals surface area contributed by atoms with E-state index >= 15 is 0 Å². The monoisotopic (exact) mass is 321 g/mol. The average molecular weight is 322 g/mol. The summed E-state index contributed by atoms with van der Waals surface area (Å²) >= 11 is 3.37. The SMILES string of the molecule is COCCCS(=O)(=O)Nc1ccc(Br)c(C)c1. The Kier molecular flexibility index (Phi) is 5.42. The second-order valence-electron chi connectivity index (χ2n) is 3.73. The van der Waals surface area contributed by atoms with Gasteiger partial charge in [-0.05, 0) is 37.1 Å². The molecule has 1 N–H and O–H groups in total. The van der Waals surface area contributed by atoms with Gasteiger partial charge in [0.2, 0.25) is 10.0 Å². The maximum atomic E-state index is 11.7. The summed E-state index contributed by atoms with van der Waals surface area (Å²) in [6.45, 7) is 2.35. The lowest BCUT2D eigenvalue weighted by Gasteiger charge is -2.09. The van der Waals surface area contributed by atoms with Gasteiger partial charge in [0.05, 0.1) is 5.75 Å². The van der Waals surface area contributed by atoms with E-state index in [4.69, 9.17) is 4.74 Å². The fourth-order valence-corrected chi connectivity index (χ4v) is 2.66. The van der Waals surface area contributed by atoms with Crippen LogP contribution in [-0.2, 0) is 14.8 Å². The minimum atomic E-state index is -3.28. The quantitative estimate of drug-likeness (QED) is 0.819. The lowest BCUT2D eigenvalue weighted by molar-refractivity contribution is 0.199. The van der Waals surface area contributed by atoms with E-state index < -0.39 is 10.0 Å². The van der Waals surface area contributed by atoms with Gasteiger partial charge in [-0.3, -0.25) is 4.72 Å². The molecule has 4 nitrogen and oxygen atoms in total. The highest BCUT2D eigenvalue weighted by Gasteiger charge is 2.10. The van der Waals surface area contributed by atoms with Crippen molar-refractivity contribution in [3.63, 3.8) is 0 Å². The lowest BCUT2D eigenvalue weighted by atomic mass is 10.2. The fraction of sp³-hybridized carbons (Fsp3) is 0.455. The second kappa shape index (κ2) is 6.37. The molecule has 0 aliphatic carbocycles. The first kappa shape index (κ1) is 14.5. The summed E-state index contributed by atoms with van der Waals surface area (Å²) in [6.07, 6.45) is 0.487. The molecule has 96 valence electrons. The van der Waals surface area contributed by atoms with Crippen LogP contribution in [-0.4, -0.2) is 27.9 Å². The summed E-state index contributed by atoms with van der Waals surface area (Å²) in [6, 6.07) is 5.34. The Morgan fingerprint density at radius 3 is 2.71 bits per heavy atom. The molecule has 0 bridgehead atoms. The van der Waals surface area contributed by atoms with Gasteiger partial charge in [-0.15, -0.1) is 0 Å². The van der Waals surface area contributed by atoms with Gasteiger partial charge in [0.25, 0.3) is 0 Å². The number of halogens is 1.